The van der Waals surface area contributed by atoms with E-state index in [-0.39, 0.29) is 5.91 Å². The molecule has 6 nitrogen and oxygen atoms in total. The Morgan fingerprint density at radius 3 is 2.39 bits per heavy atom. The molecule has 0 saturated carbocycles. The van der Waals surface area contributed by atoms with E-state index >= 15 is 0 Å². The zero-order valence-electron chi connectivity index (χ0n) is 15.9. The molecular weight excluding hydrogens is 356 g/mol. The van der Waals surface area contributed by atoms with Gasteiger partial charge < -0.3 is 14.2 Å². The van der Waals surface area contributed by atoms with Crippen molar-refractivity contribution in [3.05, 3.63) is 78.9 Å². The summed E-state index contributed by atoms with van der Waals surface area (Å²) in [7, 11) is 0. The van der Waals surface area contributed by atoms with Gasteiger partial charge in [-0.25, -0.2) is 5.43 Å². The predicted octanol–water partition coefficient (Wildman–Crippen LogP) is 3.98. The highest BCUT2D eigenvalue weighted by molar-refractivity contribution is 5.95. The van der Waals surface area contributed by atoms with Gasteiger partial charge in [-0.3, -0.25) is 4.79 Å². The lowest BCUT2D eigenvalue weighted by atomic mass is 10.2. The summed E-state index contributed by atoms with van der Waals surface area (Å²) in [6, 6.07) is 12.3. The smallest absolute Gasteiger partial charge is 0.271 e. The van der Waals surface area contributed by atoms with Crippen LogP contribution in [0.5, 0.6) is 17.2 Å². The van der Waals surface area contributed by atoms with Crippen molar-refractivity contribution in [2.24, 2.45) is 5.10 Å². The van der Waals surface area contributed by atoms with Crippen LogP contribution in [0, 0.1) is 0 Å². The van der Waals surface area contributed by atoms with Crippen molar-refractivity contribution in [1.29, 1.82) is 0 Å². The van der Waals surface area contributed by atoms with Gasteiger partial charge in [-0.2, -0.15) is 5.10 Å². The first-order valence-corrected chi connectivity index (χ1v) is 8.85. The predicted molar refractivity (Wildman–Crippen MR) is 110 cm³/mol. The Kier molecular flexibility index (Phi) is 8.33. The first-order valence-electron chi connectivity index (χ1n) is 8.85. The van der Waals surface area contributed by atoms with Gasteiger partial charge in [0.2, 0.25) is 0 Å². The number of nitrogens with one attached hydrogen (secondary N) is 1. The van der Waals surface area contributed by atoms with Crippen LogP contribution in [0.4, 0.5) is 0 Å². The number of carbonyl (C=O) groups excluding carboxylic acids is 1. The molecule has 0 spiro atoms. The quantitative estimate of drug-likeness (QED) is 0.364. The summed E-state index contributed by atoms with van der Waals surface area (Å²) < 4.78 is 16.5. The minimum Gasteiger partial charge on any atom is -0.490 e. The van der Waals surface area contributed by atoms with Crippen LogP contribution in [-0.4, -0.2) is 31.9 Å². The van der Waals surface area contributed by atoms with Crippen LogP contribution >= 0.6 is 0 Å². The van der Waals surface area contributed by atoms with E-state index in [2.05, 4.69) is 23.7 Å². The fraction of sp³-hybridized carbons (Fsp3) is 0.182. The molecule has 0 heterocycles. The maximum atomic E-state index is 12.3. The van der Waals surface area contributed by atoms with Crippen LogP contribution in [0.15, 0.2) is 72.9 Å². The molecule has 1 amide bonds. The van der Waals surface area contributed by atoms with Crippen molar-refractivity contribution >= 4 is 12.1 Å². The van der Waals surface area contributed by atoms with Gasteiger partial charge in [0.1, 0.15) is 19.0 Å². The number of rotatable bonds is 11. The summed E-state index contributed by atoms with van der Waals surface area (Å²) in [6.45, 7) is 10.3. The minimum atomic E-state index is -0.349. The molecule has 0 aromatic heterocycles. The van der Waals surface area contributed by atoms with E-state index in [9.17, 15) is 4.79 Å². The van der Waals surface area contributed by atoms with Gasteiger partial charge in [-0.1, -0.05) is 25.3 Å². The van der Waals surface area contributed by atoms with Gasteiger partial charge in [-0.05, 0) is 55.0 Å². The van der Waals surface area contributed by atoms with E-state index in [1.54, 1.807) is 36.6 Å². The van der Waals surface area contributed by atoms with E-state index in [0.717, 1.165) is 11.3 Å². The Labute approximate surface area is 165 Å². The van der Waals surface area contributed by atoms with Crippen molar-refractivity contribution in [1.82, 2.24) is 5.43 Å². The molecule has 2 aromatic rings. The number of hydrogen-bond donors (Lipinski definition) is 1. The Hall–Kier alpha value is -3.54. The molecule has 146 valence electrons. The Morgan fingerprint density at radius 1 is 1.00 bits per heavy atom. The molecule has 0 atom stereocenters. The first kappa shape index (κ1) is 20.8. The van der Waals surface area contributed by atoms with Crippen LogP contribution < -0.4 is 19.6 Å². The molecular formula is C22H24N2O4. The van der Waals surface area contributed by atoms with Crippen molar-refractivity contribution in [2.45, 2.75) is 6.92 Å². The summed E-state index contributed by atoms with van der Waals surface area (Å²) in [5.74, 6) is 1.44. The van der Waals surface area contributed by atoms with E-state index in [4.69, 9.17) is 14.2 Å². The molecule has 2 aromatic carbocycles. The number of nitrogens with zero attached hydrogens (tertiary/aromatic N) is 1. The zero-order valence-corrected chi connectivity index (χ0v) is 15.9. The number of benzene rings is 2. The molecule has 0 aliphatic carbocycles. The summed E-state index contributed by atoms with van der Waals surface area (Å²) in [6.07, 6.45) is 4.88. The first-order chi connectivity index (χ1) is 13.7. The fourth-order valence-corrected chi connectivity index (χ4v) is 2.22. The second-order valence-electron chi connectivity index (χ2n) is 5.56. The molecule has 0 radical (unpaired) electrons. The van der Waals surface area contributed by atoms with Gasteiger partial charge in [-0.15, -0.1) is 0 Å². The Morgan fingerprint density at radius 2 is 1.71 bits per heavy atom. The Balaban J connectivity index is 1.99. The standard InChI is InChI=1S/C22H24N2O4/c1-4-13-27-19-10-7-17(8-11-19)16-23-24-22(25)18-9-12-20(28-14-5-2)21(15-18)26-6-3/h4-5,7-12,15-16H,1-2,6,13-14H2,3H3,(H,24,25)/b23-16+. The third-order valence-electron chi connectivity index (χ3n) is 3.49. The highest BCUT2D eigenvalue weighted by Crippen LogP contribution is 2.28. The molecule has 0 bridgehead atoms. The average molecular weight is 380 g/mol. The topological polar surface area (TPSA) is 69.2 Å². The lowest BCUT2D eigenvalue weighted by Gasteiger charge is -2.12. The highest BCUT2D eigenvalue weighted by atomic mass is 16.5. The monoisotopic (exact) mass is 380 g/mol. The van der Waals surface area contributed by atoms with Gasteiger partial charge in [0, 0.05) is 5.56 Å². The van der Waals surface area contributed by atoms with Crippen molar-refractivity contribution < 1.29 is 19.0 Å². The highest BCUT2D eigenvalue weighted by Gasteiger charge is 2.11. The van der Waals surface area contributed by atoms with Crippen LogP contribution in [-0.2, 0) is 0 Å². The normalized spacial score (nSPS) is 10.3. The maximum Gasteiger partial charge on any atom is 0.271 e. The second-order valence-corrected chi connectivity index (χ2v) is 5.56. The van der Waals surface area contributed by atoms with Crippen LogP contribution in [0.3, 0.4) is 0 Å². The summed E-state index contributed by atoms with van der Waals surface area (Å²) in [5.41, 5.74) is 3.75. The molecule has 0 aliphatic heterocycles. The van der Waals surface area contributed by atoms with Crippen LogP contribution in [0.1, 0.15) is 22.8 Å². The van der Waals surface area contributed by atoms with Gasteiger partial charge in [0.25, 0.3) is 5.91 Å². The molecule has 2 rings (SSSR count). The SMILES string of the molecule is C=CCOc1ccc(/C=N/NC(=O)c2ccc(OCC=C)c(OCC)c2)cc1. The number of amides is 1. The summed E-state index contributed by atoms with van der Waals surface area (Å²) in [4.78, 5) is 12.3. The number of hydrogen-bond acceptors (Lipinski definition) is 5. The van der Waals surface area contributed by atoms with Gasteiger partial charge in [0.05, 0.1) is 12.8 Å². The van der Waals surface area contributed by atoms with Crippen molar-refractivity contribution in [3.63, 3.8) is 0 Å². The lowest BCUT2D eigenvalue weighted by Crippen LogP contribution is -2.17. The van der Waals surface area contributed by atoms with Gasteiger partial charge >= 0.3 is 0 Å². The van der Waals surface area contributed by atoms with Gasteiger partial charge in [0.15, 0.2) is 11.5 Å². The number of carbonyl (C=O) groups is 1. The molecule has 0 fully saturated rings. The molecule has 0 aliphatic rings. The van der Waals surface area contributed by atoms with E-state index in [1.807, 2.05) is 31.2 Å². The second kappa shape index (κ2) is 11.2. The van der Waals surface area contributed by atoms with Crippen molar-refractivity contribution in [3.8, 4) is 17.2 Å². The molecule has 28 heavy (non-hydrogen) atoms. The van der Waals surface area contributed by atoms with Crippen molar-refractivity contribution in [2.75, 3.05) is 19.8 Å². The number of ether oxygens (including phenoxy) is 3. The molecule has 1 N–H and O–H groups in total. The van der Waals surface area contributed by atoms with Crippen LogP contribution in [0.2, 0.25) is 0 Å². The Bertz CT molecular complexity index is 829. The zero-order chi connectivity index (χ0) is 20.2. The lowest BCUT2D eigenvalue weighted by molar-refractivity contribution is 0.0954. The molecule has 6 heteroatoms. The molecule has 0 unspecified atom stereocenters. The maximum absolute atomic E-state index is 12.3. The van der Waals surface area contributed by atoms with E-state index in [0.29, 0.717) is 36.9 Å². The minimum absolute atomic E-state index is 0.349. The van der Waals surface area contributed by atoms with E-state index in [1.165, 1.54) is 0 Å². The van der Waals surface area contributed by atoms with Crippen LogP contribution in [0.25, 0.3) is 0 Å². The third kappa shape index (κ3) is 6.32. The number of hydrazone groups is 1. The summed E-state index contributed by atoms with van der Waals surface area (Å²) >= 11 is 0. The largest absolute Gasteiger partial charge is 0.490 e. The fourth-order valence-electron chi connectivity index (χ4n) is 2.22. The molecule has 0 saturated heterocycles. The van der Waals surface area contributed by atoms with E-state index < -0.39 is 0 Å². The third-order valence-corrected chi connectivity index (χ3v) is 3.49. The average Bonchev–Trinajstić information content (AvgIpc) is 2.72. The summed E-state index contributed by atoms with van der Waals surface area (Å²) in [5, 5.41) is 3.99.